The number of carbonyl (C=O) groups excluding carboxylic acids is 2. The number of esters is 2. The molecule has 336 valence electrons. The zero-order valence-electron chi connectivity index (χ0n) is 38.6. The van der Waals surface area contributed by atoms with Gasteiger partial charge in [-0.3, -0.25) is 9.59 Å². The normalized spacial score (nSPS) is 12.7. The van der Waals surface area contributed by atoms with Gasteiger partial charge in [-0.2, -0.15) is 0 Å². The van der Waals surface area contributed by atoms with Gasteiger partial charge in [0.25, 0.3) is 0 Å². The van der Waals surface area contributed by atoms with Crippen molar-refractivity contribution in [1.29, 1.82) is 0 Å². The number of hydrogen-bond acceptors (Lipinski definition) is 5. The van der Waals surface area contributed by atoms with Gasteiger partial charge in [0.1, 0.15) is 6.61 Å². The third-order valence-electron chi connectivity index (χ3n) is 10.5. The monoisotopic (exact) mass is 811 g/mol. The van der Waals surface area contributed by atoms with Gasteiger partial charge in [-0.05, 0) is 83.5 Å². The molecule has 1 unspecified atom stereocenters. The van der Waals surface area contributed by atoms with E-state index < -0.39 is 6.10 Å². The molecule has 5 nitrogen and oxygen atoms in total. The van der Waals surface area contributed by atoms with Crippen LogP contribution >= 0.6 is 0 Å². The lowest BCUT2D eigenvalue weighted by atomic mass is 10.1. The van der Waals surface area contributed by atoms with Crippen molar-refractivity contribution in [2.24, 2.45) is 0 Å². The summed E-state index contributed by atoms with van der Waals surface area (Å²) in [6.45, 7) is 7.65. The lowest BCUT2D eigenvalue weighted by molar-refractivity contribution is -0.163. The fourth-order valence-corrected chi connectivity index (χ4v) is 6.85. The molecule has 0 bridgehead atoms. The van der Waals surface area contributed by atoms with Crippen LogP contribution in [0, 0.1) is 0 Å². The first-order valence-corrected chi connectivity index (χ1v) is 24.8. The average molecular weight is 811 g/mol. The summed E-state index contributed by atoms with van der Waals surface area (Å²) in [4.78, 5) is 25.2. The molecule has 0 aliphatic carbocycles. The Hall–Kier alpha value is -2.40. The van der Waals surface area contributed by atoms with E-state index in [0.29, 0.717) is 19.4 Å². The Morgan fingerprint density at radius 1 is 0.397 bits per heavy atom. The molecule has 0 saturated heterocycles. The Balaban J connectivity index is 4.19. The van der Waals surface area contributed by atoms with Crippen LogP contribution in [0.4, 0.5) is 0 Å². The second-order valence-corrected chi connectivity index (χ2v) is 16.3. The van der Waals surface area contributed by atoms with Gasteiger partial charge in [-0.1, -0.05) is 204 Å². The summed E-state index contributed by atoms with van der Waals surface area (Å²) in [6.07, 6.45) is 60.9. The summed E-state index contributed by atoms with van der Waals surface area (Å²) in [5, 5.41) is 0. The Labute approximate surface area is 360 Å². The molecule has 0 amide bonds. The summed E-state index contributed by atoms with van der Waals surface area (Å²) < 4.78 is 17.3. The van der Waals surface area contributed by atoms with Gasteiger partial charge in [-0.25, -0.2) is 0 Å². The van der Waals surface area contributed by atoms with Gasteiger partial charge in [0, 0.05) is 19.4 Å². The van der Waals surface area contributed by atoms with E-state index in [4.69, 9.17) is 14.2 Å². The van der Waals surface area contributed by atoms with Crippen LogP contribution in [-0.2, 0) is 23.8 Å². The van der Waals surface area contributed by atoms with Crippen molar-refractivity contribution >= 4 is 11.9 Å². The third kappa shape index (κ3) is 46.3. The average Bonchev–Trinajstić information content (AvgIpc) is 3.22. The van der Waals surface area contributed by atoms with Crippen molar-refractivity contribution in [3.05, 3.63) is 60.8 Å². The highest BCUT2D eigenvalue weighted by Crippen LogP contribution is 2.14. The summed E-state index contributed by atoms with van der Waals surface area (Å²) >= 11 is 0. The SMILES string of the molecule is CC/C=C\C/C=C\C/C=C\CCCCCC(=O)OCC(COCCCCCCCCCCCC/C=C\C/C=C\CCCCC)OC(=O)CCCCCCCCCCC. The number of carbonyl (C=O) groups is 2. The minimum Gasteiger partial charge on any atom is -0.462 e. The maximum Gasteiger partial charge on any atom is 0.306 e. The number of hydrogen-bond donors (Lipinski definition) is 0. The van der Waals surface area contributed by atoms with Gasteiger partial charge in [-0.15, -0.1) is 0 Å². The molecule has 0 aromatic rings. The molecule has 0 aromatic heterocycles. The van der Waals surface area contributed by atoms with E-state index in [2.05, 4.69) is 81.5 Å². The van der Waals surface area contributed by atoms with Gasteiger partial charge < -0.3 is 14.2 Å². The Bertz CT molecular complexity index is 1010. The summed E-state index contributed by atoms with van der Waals surface area (Å²) in [5.41, 5.74) is 0. The molecule has 0 N–H and O–H groups in total. The first-order valence-electron chi connectivity index (χ1n) is 24.8. The van der Waals surface area contributed by atoms with Crippen LogP contribution in [0.5, 0.6) is 0 Å². The fraction of sp³-hybridized carbons (Fsp3) is 0.774. The fourth-order valence-electron chi connectivity index (χ4n) is 6.85. The van der Waals surface area contributed by atoms with E-state index in [1.54, 1.807) is 0 Å². The molecule has 0 aromatic carbocycles. The first kappa shape index (κ1) is 55.6. The van der Waals surface area contributed by atoms with E-state index in [9.17, 15) is 9.59 Å². The maximum atomic E-state index is 12.7. The molecule has 0 radical (unpaired) electrons. The number of unbranched alkanes of at least 4 members (excludes halogenated alkanes) is 24. The summed E-state index contributed by atoms with van der Waals surface area (Å²) in [6, 6.07) is 0. The zero-order valence-corrected chi connectivity index (χ0v) is 38.6. The van der Waals surface area contributed by atoms with Gasteiger partial charge in [0.05, 0.1) is 6.61 Å². The molecule has 0 fully saturated rings. The smallest absolute Gasteiger partial charge is 0.306 e. The Morgan fingerprint density at radius 2 is 0.776 bits per heavy atom. The second-order valence-electron chi connectivity index (χ2n) is 16.3. The van der Waals surface area contributed by atoms with Crippen LogP contribution in [0.25, 0.3) is 0 Å². The van der Waals surface area contributed by atoms with E-state index in [1.165, 1.54) is 128 Å². The maximum absolute atomic E-state index is 12.7. The van der Waals surface area contributed by atoms with E-state index in [-0.39, 0.29) is 25.2 Å². The number of allylic oxidation sites excluding steroid dienone is 10. The van der Waals surface area contributed by atoms with Crippen LogP contribution < -0.4 is 0 Å². The standard InChI is InChI=1S/C53H94O5/c1-4-7-10-13-16-19-21-23-24-25-26-27-28-29-31-33-36-39-42-45-48-56-49-51(58-53(55)47-44-41-38-34-18-15-12-9-6-3)50-57-52(54)46-43-40-37-35-32-30-22-20-17-14-11-8-5-2/h8,11,16-17,19-20,23-24,30,32,51H,4-7,9-10,12-15,18,21-22,25-29,31,33-50H2,1-3H3/b11-8-,19-16-,20-17-,24-23-,32-30-. The highest BCUT2D eigenvalue weighted by atomic mass is 16.6. The zero-order chi connectivity index (χ0) is 42.1. The quantitative estimate of drug-likeness (QED) is 0.0348. The molecule has 58 heavy (non-hydrogen) atoms. The molecule has 0 heterocycles. The van der Waals surface area contributed by atoms with Crippen LogP contribution in [0.2, 0.25) is 0 Å². The summed E-state index contributed by atoms with van der Waals surface area (Å²) in [5.74, 6) is -0.431. The van der Waals surface area contributed by atoms with Gasteiger partial charge in [0.2, 0.25) is 0 Å². The largest absolute Gasteiger partial charge is 0.462 e. The highest BCUT2D eigenvalue weighted by Gasteiger charge is 2.17. The van der Waals surface area contributed by atoms with Crippen molar-refractivity contribution < 1.29 is 23.8 Å². The first-order chi connectivity index (χ1) is 28.6. The van der Waals surface area contributed by atoms with Gasteiger partial charge in [0.15, 0.2) is 6.10 Å². The van der Waals surface area contributed by atoms with Crippen molar-refractivity contribution in [2.75, 3.05) is 19.8 Å². The van der Waals surface area contributed by atoms with E-state index in [0.717, 1.165) is 77.0 Å². The highest BCUT2D eigenvalue weighted by molar-refractivity contribution is 5.70. The molecule has 0 aliphatic rings. The minimum absolute atomic E-state index is 0.0698. The lowest BCUT2D eigenvalue weighted by Gasteiger charge is -2.18. The Morgan fingerprint density at radius 3 is 1.29 bits per heavy atom. The molecular weight excluding hydrogens is 717 g/mol. The van der Waals surface area contributed by atoms with Crippen LogP contribution in [0.1, 0.15) is 239 Å². The molecule has 0 aliphatic heterocycles. The van der Waals surface area contributed by atoms with Crippen LogP contribution in [0.15, 0.2) is 60.8 Å². The minimum atomic E-state index is -0.546. The van der Waals surface area contributed by atoms with Gasteiger partial charge >= 0.3 is 11.9 Å². The predicted molar refractivity (Wildman–Crippen MR) is 251 cm³/mol. The summed E-state index contributed by atoms with van der Waals surface area (Å²) in [7, 11) is 0. The van der Waals surface area contributed by atoms with Crippen molar-refractivity contribution in [1.82, 2.24) is 0 Å². The predicted octanol–water partition coefficient (Wildman–Crippen LogP) is 16.6. The number of rotatable bonds is 45. The molecule has 0 spiro atoms. The van der Waals surface area contributed by atoms with E-state index >= 15 is 0 Å². The van der Waals surface area contributed by atoms with Crippen LogP contribution in [0.3, 0.4) is 0 Å². The molecule has 0 saturated carbocycles. The molecule has 1 atom stereocenters. The topological polar surface area (TPSA) is 61.8 Å². The number of ether oxygens (including phenoxy) is 3. The molecular formula is C53H94O5. The van der Waals surface area contributed by atoms with Crippen molar-refractivity contribution in [2.45, 2.75) is 245 Å². The lowest BCUT2D eigenvalue weighted by Crippen LogP contribution is -2.30. The second kappa shape index (κ2) is 49.0. The van der Waals surface area contributed by atoms with E-state index in [1.807, 2.05) is 0 Å². The molecule has 5 heteroatoms. The molecule has 0 rings (SSSR count). The van der Waals surface area contributed by atoms with Crippen LogP contribution in [-0.4, -0.2) is 37.9 Å². The third-order valence-corrected chi connectivity index (χ3v) is 10.5. The Kier molecular flexibility index (Phi) is 46.9. The van der Waals surface area contributed by atoms with Crippen molar-refractivity contribution in [3.63, 3.8) is 0 Å². The van der Waals surface area contributed by atoms with Crippen molar-refractivity contribution in [3.8, 4) is 0 Å².